The van der Waals surface area contributed by atoms with Crippen LogP contribution in [0.4, 0.5) is 0 Å². The van der Waals surface area contributed by atoms with Gasteiger partial charge < -0.3 is 15.3 Å². The summed E-state index contributed by atoms with van der Waals surface area (Å²) in [5.74, 6) is 0.107. The number of para-hydroxylation sites is 1. The largest absolute Gasteiger partial charge is 0.479 e. The predicted octanol–water partition coefficient (Wildman–Crippen LogP) is 2.32. The average molecular weight is 284 g/mol. The first-order valence-electron chi connectivity index (χ1n) is 6.48. The molecule has 0 amide bonds. The number of carbonyl (C=O) groups is 1. The van der Waals surface area contributed by atoms with Crippen molar-refractivity contribution in [1.29, 1.82) is 0 Å². The minimum Gasteiger partial charge on any atom is -0.479 e. The number of hydrogen-bond donors (Lipinski definition) is 1. The van der Waals surface area contributed by atoms with Gasteiger partial charge in [0, 0.05) is 5.56 Å². The highest BCUT2D eigenvalue weighted by molar-refractivity contribution is 5.97. The van der Waals surface area contributed by atoms with Gasteiger partial charge in [-0.3, -0.25) is 0 Å². The lowest BCUT2D eigenvalue weighted by Gasteiger charge is -2.11. The van der Waals surface area contributed by atoms with E-state index < -0.39 is 12.1 Å². The van der Waals surface area contributed by atoms with E-state index in [4.69, 9.17) is 15.3 Å². The third kappa shape index (κ3) is 4.35. The van der Waals surface area contributed by atoms with Crippen LogP contribution in [0.5, 0.6) is 5.75 Å². The van der Waals surface area contributed by atoms with Crippen molar-refractivity contribution >= 4 is 11.8 Å². The molecule has 2 aromatic carbocycles. The third-order valence-corrected chi connectivity index (χ3v) is 2.69. The van der Waals surface area contributed by atoms with Gasteiger partial charge in [-0.2, -0.15) is 0 Å². The van der Waals surface area contributed by atoms with E-state index in [0.717, 1.165) is 0 Å². The van der Waals surface area contributed by atoms with Gasteiger partial charge in [0.1, 0.15) is 5.75 Å². The maximum atomic E-state index is 11.8. The van der Waals surface area contributed by atoms with Crippen molar-refractivity contribution in [3.05, 3.63) is 66.2 Å². The summed E-state index contributed by atoms with van der Waals surface area (Å²) in [5.41, 5.74) is 6.41. The number of benzene rings is 2. The first-order valence-corrected chi connectivity index (χ1v) is 6.48. The first kappa shape index (κ1) is 14.6. The molecule has 0 aliphatic carbocycles. The molecule has 0 saturated carbocycles. The molecule has 108 valence electrons. The number of nitrogens with zero attached hydrogens (tertiary/aromatic N) is 1. The summed E-state index contributed by atoms with van der Waals surface area (Å²) < 4.78 is 5.43. The second-order valence-corrected chi connectivity index (χ2v) is 4.33. The van der Waals surface area contributed by atoms with Gasteiger partial charge in [0.25, 0.3) is 0 Å². The molecule has 0 aromatic heterocycles. The number of nitrogens with two attached hydrogens (primary N) is 1. The fourth-order valence-electron chi connectivity index (χ4n) is 1.58. The van der Waals surface area contributed by atoms with Crippen LogP contribution in [0.1, 0.15) is 12.5 Å². The zero-order valence-electron chi connectivity index (χ0n) is 11.6. The van der Waals surface area contributed by atoms with Gasteiger partial charge in [-0.25, -0.2) is 4.79 Å². The Hall–Kier alpha value is -2.82. The van der Waals surface area contributed by atoms with E-state index in [-0.39, 0.29) is 5.84 Å². The molecular formula is C16H16N2O3. The van der Waals surface area contributed by atoms with Crippen molar-refractivity contribution in [1.82, 2.24) is 0 Å². The standard InChI is InChI=1S/C16H16N2O3/c1-12(20-14-10-6-3-7-11-14)16(19)21-18-15(17)13-8-4-2-5-9-13/h2-12H,1H3,(H2,17,18). The van der Waals surface area contributed by atoms with E-state index in [0.29, 0.717) is 11.3 Å². The molecule has 2 N–H and O–H groups in total. The van der Waals surface area contributed by atoms with Crippen LogP contribution in [0.15, 0.2) is 65.8 Å². The van der Waals surface area contributed by atoms with Gasteiger partial charge in [-0.1, -0.05) is 53.7 Å². The molecule has 0 aliphatic rings. The van der Waals surface area contributed by atoms with Gasteiger partial charge >= 0.3 is 5.97 Å². The number of hydrogen-bond acceptors (Lipinski definition) is 4. The summed E-state index contributed by atoms with van der Waals surface area (Å²) in [7, 11) is 0. The SMILES string of the molecule is CC(Oc1ccccc1)C(=O)ON=C(N)c1ccccc1. The van der Waals surface area contributed by atoms with Gasteiger partial charge in [0.05, 0.1) is 0 Å². The highest BCUT2D eigenvalue weighted by Crippen LogP contribution is 2.11. The Morgan fingerprint density at radius 2 is 1.62 bits per heavy atom. The smallest absolute Gasteiger partial charge is 0.374 e. The summed E-state index contributed by atoms with van der Waals surface area (Å²) >= 11 is 0. The van der Waals surface area contributed by atoms with E-state index >= 15 is 0 Å². The molecule has 0 heterocycles. The Morgan fingerprint density at radius 1 is 1.05 bits per heavy atom. The van der Waals surface area contributed by atoms with Crippen molar-refractivity contribution in [3.8, 4) is 5.75 Å². The minimum absolute atomic E-state index is 0.135. The third-order valence-electron chi connectivity index (χ3n) is 2.69. The Morgan fingerprint density at radius 3 is 2.24 bits per heavy atom. The second kappa shape index (κ2) is 7.09. The molecule has 1 atom stereocenters. The van der Waals surface area contributed by atoms with Gasteiger partial charge in [0.2, 0.25) is 0 Å². The van der Waals surface area contributed by atoms with Gasteiger partial charge in [-0.05, 0) is 19.1 Å². The summed E-state index contributed by atoms with van der Waals surface area (Å²) in [6.45, 7) is 1.59. The highest BCUT2D eigenvalue weighted by atomic mass is 16.7. The van der Waals surface area contributed by atoms with E-state index in [2.05, 4.69) is 5.16 Å². The predicted molar refractivity (Wildman–Crippen MR) is 79.8 cm³/mol. The topological polar surface area (TPSA) is 73.9 Å². The van der Waals surface area contributed by atoms with E-state index in [1.807, 2.05) is 36.4 Å². The van der Waals surface area contributed by atoms with Crippen LogP contribution in [0.25, 0.3) is 0 Å². The van der Waals surface area contributed by atoms with Crippen LogP contribution in [0, 0.1) is 0 Å². The normalized spacial score (nSPS) is 12.5. The monoisotopic (exact) mass is 284 g/mol. The summed E-state index contributed by atoms with van der Waals surface area (Å²) in [5, 5.41) is 3.62. The number of oxime groups is 1. The molecular weight excluding hydrogens is 268 g/mol. The summed E-state index contributed by atoms with van der Waals surface area (Å²) in [4.78, 5) is 16.6. The van der Waals surface area contributed by atoms with Gasteiger partial charge in [0.15, 0.2) is 11.9 Å². The highest BCUT2D eigenvalue weighted by Gasteiger charge is 2.17. The number of amidine groups is 1. The molecule has 0 radical (unpaired) electrons. The summed E-state index contributed by atoms with van der Waals surface area (Å²) in [6, 6.07) is 18.1. The molecule has 1 unspecified atom stereocenters. The van der Waals surface area contributed by atoms with Crippen LogP contribution in [-0.4, -0.2) is 17.9 Å². The van der Waals surface area contributed by atoms with E-state index in [1.165, 1.54) is 0 Å². The Bertz CT molecular complexity index is 612. The van der Waals surface area contributed by atoms with Crippen LogP contribution >= 0.6 is 0 Å². The Labute approximate surface area is 123 Å². The van der Waals surface area contributed by atoms with Crippen LogP contribution < -0.4 is 10.5 Å². The lowest BCUT2D eigenvalue weighted by molar-refractivity contribution is -0.151. The van der Waals surface area contributed by atoms with Crippen molar-refractivity contribution in [2.75, 3.05) is 0 Å². The maximum Gasteiger partial charge on any atom is 0.374 e. The fraction of sp³-hybridized carbons (Fsp3) is 0.125. The molecule has 0 fully saturated rings. The van der Waals surface area contributed by atoms with Crippen molar-refractivity contribution in [2.45, 2.75) is 13.0 Å². The average Bonchev–Trinajstić information content (AvgIpc) is 2.54. The fourth-order valence-corrected chi connectivity index (χ4v) is 1.58. The number of carbonyl (C=O) groups excluding carboxylic acids is 1. The van der Waals surface area contributed by atoms with Crippen molar-refractivity contribution in [2.24, 2.45) is 10.9 Å². The van der Waals surface area contributed by atoms with Crippen molar-refractivity contribution in [3.63, 3.8) is 0 Å². The quantitative estimate of drug-likeness (QED) is 0.396. The molecule has 0 bridgehead atoms. The molecule has 0 spiro atoms. The van der Waals surface area contributed by atoms with E-state index in [1.54, 1.807) is 31.2 Å². The molecule has 5 heteroatoms. The molecule has 2 aromatic rings. The summed E-state index contributed by atoms with van der Waals surface area (Å²) in [6.07, 6.45) is -0.778. The molecule has 0 saturated heterocycles. The lowest BCUT2D eigenvalue weighted by atomic mass is 10.2. The second-order valence-electron chi connectivity index (χ2n) is 4.33. The molecule has 21 heavy (non-hydrogen) atoms. The Kier molecular flexibility index (Phi) is 4.93. The zero-order valence-corrected chi connectivity index (χ0v) is 11.6. The first-order chi connectivity index (χ1) is 10.2. The minimum atomic E-state index is -0.778. The maximum absolute atomic E-state index is 11.8. The molecule has 2 rings (SSSR count). The van der Waals surface area contributed by atoms with Crippen LogP contribution in [-0.2, 0) is 9.63 Å². The Balaban J connectivity index is 1.92. The number of ether oxygens (including phenoxy) is 1. The zero-order chi connectivity index (χ0) is 15.1. The van der Waals surface area contributed by atoms with Gasteiger partial charge in [-0.15, -0.1) is 0 Å². The van der Waals surface area contributed by atoms with Crippen LogP contribution in [0.2, 0.25) is 0 Å². The van der Waals surface area contributed by atoms with Crippen molar-refractivity contribution < 1.29 is 14.4 Å². The number of rotatable bonds is 5. The van der Waals surface area contributed by atoms with Crippen LogP contribution in [0.3, 0.4) is 0 Å². The van der Waals surface area contributed by atoms with E-state index in [9.17, 15) is 4.79 Å². The molecule has 0 aliphatic heterocycles. The molecule has 5 nitrogen and oxygen atoms in total. The lowest BCUT2D eigenvalue weighted by Crippen LogP contribution is -2.26.